The summed E-state index contributed by atoms with van der Waals surface area (Å²) in [6.07, 6.45) is 2.74. The standard InChI is InChI=1S/C32H47N3O5/c1-9-10-11-12-19-35(30(38)25(20-36)33-31(39)40-32(6,7)8)28(26-21(2)15-13-16-22(26)3)29(37)34-27-23(4)17-14-18-24(27)5/h13-18,25,28,36H,9-12,19-20H2,1-8H3,(H,33,39)(H,34,37). The van der Waals surface area contributed by atoms with Crippen molar-refractivity contribution in [1.82, 2.24) is 10.2 Å². The molecule has 2 aromatic carbocycles. The third-order valence-corrected chi connectivity index (χ3v) is 6.81. The molecule has 3 amide bonds. The highest BCUT2D eigenvalue weighted by Gasteiger charge is 2.37. The molecule has 0 aliphatic rings. The number of carbonyl (C=O) groups excluding carboxylic acids is 3. The van der Waals surface area contributed by atoms with Crippen molar-refractivity contribution in [3.8, 4) is 0 Å². The van der Waals surface area contributed by atoms with Gasteiger partial charge in [-0.1, -0.05) is 62.6 Å². The second-order valence-electron chi connectivity index (χ2n) is 11.4. The lowest BCUT2D eigenvalue weighted by Gasteiger charge is -2.35. The summed E-state index contributed by atoms with van der Waals surface area (Å²) in [6.45, 7) is 14.6. The molecule has 0 fully saturated rings. The number of ether oxygens (including phenoxy) is 1. The second-order valence-corrected chi connectivity index (χ2v) is 11.4. The van der Waals surface area contributed by atoms with Crippen molar-refractivity contribution in [3.05, 3.63) is 64.2 Å². The summed E-state index contributed by atoms with van der Waals surface area (Å²) in [4.78, 5) is 42.3. The Kier molecular flexibility index (Phi) is 12.2. The lowest BCUT2D eigenvalue weighted by Crippen LogP contribution is -2.54. The molecule has 0 saturated heterocycles. The molecule has 3 N–H and O–H groups in total. The fourth-order valence-corrected chi connectivity index (χ4v) is 4.80. The molecule has 8 heteroatoms. The zero-order valence-corrected chi connectivity index (χ0v) is 25.4. The van der Waals surface area contributed by atoms with Gasteiger partial charge in [-0.3, -0.25) is 9.59 Å². The predicted octanol–water partition coefficient (Wildman–Crippen LogP) is 5.89. The minimum atomic E-state index is -1.28. The lowest BCUT2D eigenvalue weighted by molar-refractivity contribution is -0.141. The molecule has 2 atom stereocenters. The Hall–Kier alpha value is -3.39. The predicted molar refractivity (Wildman–Crippen MR) is 159 cm³/mol. The Morgan fingerprint density at radius 1 is 0.900 bits per heavy atom. The van der Waals surface area contributed by atoms with Crippen LogP contribution in [-0.2, 0) is 14.3 Å². The number of aliphatic hydroxyl groups is 1. The molecular weight excluding hydrogens is 506 g/mol. The number of nitrogens with zero attached hydrogens (tertiary/aromatic N) is 1. The van der Waals surface area contributed by atoms with Gasteiger partial charge in [-0.25, -0.2) is 4.79 Å². The lowest BCUT2D eigenvalue weighted by atomic mass is 9.93. The van der Waals surface area contributed by atoms with Crippen molar-refractivity contribution in [2.45, 2.75) is 98.8 Å². The third kappa shape index (κ3) is 9.08. The van der Waals surface area contributed by atoms with Crippen LogP contribution in [0.5, 0.6) is 0 Å². The largest absolute Gasteiger partial charge is 0.444 e. The average Bonchev–Trinajstić information content (AvgIpc) is 2.86. The molecule has 2 rings (SSSR count). The number of unbranched alkanes of at least 4 members (excludes halogenated alkanes) is 3. The molecule has 0 spiro atoms. The van der Waals surface area contributed by atoms with Crippen LogP contribution < -0.4 is 10.6 Å². The number of aryl methyl sites for hydroxylation is 4. The van der Waals surface area contributed by atoms with Gasteiger partial charge in [0, 0.05) is 12.2 Å². The van der Waals surface area contributed by atoms with Gasteiger partial charge in [0.25, 0.3) is 5.91 Å². The minimum Gasteiger partial charge on any atom is -0.444 e. The first kappa shape index (κ1) is 32.8. The fourth-order valence-electron chi connectivity index (χ4n) is 4.80. The number of hydrogen-bond acceptors (Lipinski definition) is 5. The normalized spacial score (nSPS) is 12.8. The van der Waals surface area contributed by atoms with E-state index in [1.54, 1.807) is 20.8 Å². The Morgan fingerprint density at radius 2 is 1.45 bits per heavy atom. The highest BCUT2D eigenvalue weighted by molar-refractivity contribution is 6.00. The maximum atomic E-state index is 14.2. The van der Waals surface area contributed by atoms with Gasteiger partial charge in [0.05, 0.1) is 6.61 Å². The fraction of sp³-hybridized carbons (Fsp3) is 0.531. The summed E-state index contributed by atoms with van der Waals surface area (Å²) in [5.74, 6) is -0.901. The maximum absolute atomic E-state index is 14.2. The van der Waals surface area contributed by atoms with Crippen molar-refractivity contribution >= 4 is 23.6 Å². The van der Waals surface area contributed by atoms with Crippen LogP contribution >= 0.6 is 0 Å². The van der Waals surface area contributed by atoms with Gasteiger partial charge in [0.2, 0.25) is 5.91 Å². The zero-order valence-electron chi connectivity index (χ0n) is 25.4. The number of benzene rings is 2. The number of carbonyl (C=O) groups is 3. The first-order valence-electron chi connectivity index (χ1n) is 14.1. The molecule has 0 aliphatic carbocycles. The second kappa shape index (κ2) is 14.8. The van der Waals surface area contributed by atoms with E-state index in [0.717, 1.165) is 47.1 Å². The number of para-hydroxylation sites is 1. The van der Waals surface area contributed by atoms with E-state index in [1.165, 1.54) is 4.90 Å². The van der Waals surface area contributed by atoms with Crippen LogP contribution in [-0.4, -0.2) is 52.7 Å². The molecule has 40 heavy (non-hydrogen) atoms. The van der Waals surface area contributed by atoms with Crippen molar-refractivity contribution in [2.24, 2.45) is 0 Å². The van der Waals surface area contributed by atoms with E-state index in [9.17, 15) is 19.5 Å². The van der Waals surface area contributed by atoms with Crippen LogP contribution in [0, 0.1) is 27.7 Å². The average molecular weight is 554 g/mol. The smallest absolute Gasteiger partial charge is 0.408 e. The summed E-state index contributed by atoms with van der Waals surface area (Å²) in [5, 5.41) is 15.8. The zero-order chi connectivity index (χ0) is 30.0. The quantitative estimate of drug-likeness (QED) is 0.284. The summed E-state index contributed by atoms with van der Waals surface area (Å²) in [5.41, 5.74) is 4.21. The van der Waals surface area contributed by atoms with Crippen molar-refractivity contribution in [2.75, 3.05) is 18.5 Å². The van der Waals surface area contributed by atoms with Crippen LogP contribution in [0.4, 0.5) is 10.5 Å². The van der Waals surface area contributed by atoms with E-state index in [-0.39, 0.29) is 12.5 Å². The number of anilines is 1. The molecule has 0 heterocycles. The molecule has 0 radical (unpaired) electrons. The summed E-state index contributed by atoms with van der Waals surface area (Å²) < 4.78 is 5.34. The van der Waals surface area contributed by atoms with E-state index < -0.39 is 36.3 Å². The van der Waals surface area contributed by atoms with E-state index >= 15 is 0 Å². The van der Waals surface area contributed by atoms with Gasteiger partial charge in [-0.15, -0.1) is 0 Å². The summed E-state index contributed by atoms with van der Waals surface area (Å²) in [6, 6.07) is 9.29. The number of nitrogens with one attached hydrogen (secondary N) is 2. The van der Waals surface area contributed by atoms with Gasteiger partial charge >= 0.3 is 6.09 Å². The molecule has 0 aliphatic heterocycles. The minimum absolute atomic E-state index is 0.282. The maximum Gasteiger partial charge on any atom is 0.408 e. The summed E-state index contributed by atoms with van der Waals surface area (Å²) in [7, 11) is 0. The van der Waals surface area contributed by atoms with Gasteiger partial charge in [0.1, 0.15) is 17.7 Å². The van der Waals surface area contributed by atoms with Crippen LogP contribution in [0.15, 0.2) is 36.4 Å². The van der Waals surface area contributed by atoms with Crippen LogP contribution in [0.1, 0.15) is 87.2 Å². The van der Waals surface area contributed by atoms with Gasteiger partial charge in [0.15, 0.2) is 0 Å². The van der Waals surface area contributed by atoms with E-state index in [0.29, 0.717) is 12.1 Å². The molecule has 8 nitrogen and oxygen atoms in total. The molecule has 220 valence electrons. The van der Waals surface area contributed by atoms with Gasteiger partial charge < -0.3 is 25.4 Å². The van der Waals surface area contributed by atoms with E-state index in [2.05, 4.69) is 17.6 Å². The number of hydrogen-bond donors (Lipinski definition) is 3. The number of amides is 3. The molecule has 0 bridgehead atoms. The Morgan fingerprint density at radius 3 is 1.95 bits per heavy atom. The monoisotopic (exact) mass is 553 g/mol. The SMILES string of the molecule is CCCCCCN(C(=O)C(CO)NC(=O)OC(C)(C)C)C(C(=O)Nc1c(C)cccc1C)c1c(C)cccc1C. The van der Waals surface area contributed by atoms with Crippen molar-refractivity contribution < 1.29 is 24.2 Å². The molecule has 2 aromatic rings. The van der Waals surface area contributed by atoms with Gasteiger partial charge in [-0.2, -0.15) is 0 Å². The molecular formula is C32H47N3O5. The highest BCUT2D eigenvalue weighted by Crippen LogP contribution is 2.31. The van der Waals surface area contributed by atoms with Crippen LogP contribution in [0.3, 0.4) is 0 Å². The highest BCUT2D eigenvalue weighted by atomic mass is 16.6. The molecule has 2 unspecified atom stereocenters. The molecule has 0 aromatic heterocycles. The van der Waals surface area contributed by atoms with Crippen molar-refractivity contribution in [3.63, 3.8) is 0 Å². The Labute approximate surface area is 239 Å². The number of alkyl carbamates (subject to hydrolysis) is 1. The number of rotatable bonds is 12. The van der Waals surface area contributed by atoms with Gasteiger partial charge in [-0.05, 0) is 82.7 Å². The third-order valence-electron chi connectivity index (χ3n) is 6.81. The molecule has 0 saturated carbocycles. The Balaban J connectivity index is 2.59. The van der Waals surface area contributed by atoms with Crippen LogP contribution in [0.2, 0.25) is 0 Å². The first-order chi connectivity index (χ1) is 18.8. The van der Waals surface area contributed by atoms with E-state index in [1.807, 2.05) is 64.1 Å². The Bertz CT molecular complexity index is 1130. The van der Waals surface area contributed by atoms with Crippen LogP contribution in [0.25, 0.3) is 0 Å². The van der Waals surface area contributed by atoms with Crippen molar-refractivity contribution in [1.29, 1.82) is 0 Å². The number of aliphatic hydroxyl groups excluding tert-OH is 1. The first-order valence-corrected chi connectivity index (χ1v) is 14.1. The summed E-state index contributed by atoms with van der Waals surface area (Å²) >= 11 is 0. The topological polar surface area (TPSA) is 108 Å². The van der Waals surface area contributed by atoms with E-state index in [4.69, 9.17) is 4.74 Å².